The minimum absolute atomic E-state index is 0.0543. The van der Waals surface area contributed by atoms with Crippen LogP contribution in [0.25, 0.3) is 0 Å². The van der Waals surface area contributed by atoms with Crippen LogP contribution in [0.5, 0.6) is 11.5 Å². The summed E-state index contributed by atoms with van der Waals surface area (Å²) in [6.45, 7) is 7.97. The van der Waals surface area contributed by atoms with E-state index in [1.807, 2.05) is 57.2 Å². The smallest absolute Gasteiger partial charge is 0.119 e. The fourth-order valence-electron chi connectivity index (χ4n) is 3.11. The summed E-state index contributed by atoms with van der Waals surface area (Å²) in [6.07, 6.45) is 1.44. The molecule has 0 unspecified atom stereocenters. The normalized spacial score (nSPS) is 18.4. The first kappa shape index (κ1) is 17.6. The molecule has 25 heavy (non-hydrogen) atoms. The van der Waals surface area contributed by atoms with Gasteiger partial charge in [0.15, 0.2) is 0 Å². The molecule has 0 aliphatic carbocycles. The average molecular weight is 340 g/mol. The summed E-state index contributed by atoms with van der Waals surface area (Å²) in [5.74, 6) is 1.83. The Hall–Kier alpha value is -2.20. The van der Waals surface area contributed by atoms with E-state index in [1.54, 1.807) is 0 Å². The average Bonchev–Trinajstić information content (AvgIpc) is 3.04. The Bertz CT molecular complexity index is 665. The van der Waals surface area contributed by atoms with Crippen molar-refractivity contribution in [2.75, 3.05) is 18.0 Å². The maximum Gasteiger partial charge on any atom is 0.119 e. The number of hydrogen-bond acceptors (Lipinski definition) is 4. The second-order valence-corrected chi connectivity index (χ2v) is 6.99. The fourth-order valence-corrected chi connectivity index (χ4v) is 3.11. The molecule has 134 valence electrons. The van der Waals surface area contributed by atoms with Crippen LogP contribution in [0.15, 0.2) is 48.5 Å². The summed E-state index contributed by atoms with van der Waals surface area (Å²) < 4.78 is 11.8. The van der Waals surface area contributed by atoms with Gasteiger partial charge >= 0.3 is 0 Å². The van der Waals surface area contributed by atoms with Crippen molar-refractivity contribution in [3.05, 3.63) is 54.1 Å². The zero-order valence-corrected chi connectivity index (χ0v) is 15.3. The van der Waals surface area contributed by atoms with Crippen molar-refractivity contribution in [2.45, 2.75) is 45.4 Å². The fraction of sp³-hybridized carbons (Fsp3) is 0.429. The maximum atomic E-state index is 6.13. The molecule has 2 atom stereocenters. The zero-order chi connectivity index (χ0) is 17.8. The van der Waals surface area contributed by atoms with Crippen molar-refractivity contribution in [1.82, 2.24) is 0 Å². The molecule has 0 bridgehead atoms. The highest BCUT2D eigenvalue weighted by molar-refractivity contribution is 5.50. The Balaban J connectivity index is 1.56. The third kappa shape index (κ3) is 4.67. The van der Waals surface area contributed by atoms with E-state index >= 15 is 0 Å². The van der Waals surface area contributed by atoms with Gasteiger partial charge in [-0.2, -0.15) is 0 Å². The van der Waals surface area contributed by atoms with Crippen molar-refractivity contribution in [2.24, 2.45) is 5.73 Å². The van der Waals surface area contributed by atoms with Crippen LogP contribution in [0.4, 0.5) is 5.69 Å². The predicted molar refractivity (Wildman–Crippen MR) is 102 cm³/mol. The summed E-state index contributed by atoms with van der Waals surface area (Å²) in [5, 5.41) is 0. The summed E-state index contributed by atoms with van der Waals surface area (Å²) >= 11 is 0. The van der Waals surface area contributed by atoms with Gasteiger partial charge in [0, 0.05) is 24.7 Å². The highest BCUT2D eigenvalue weighted by Crippen LogP contribution is 2.26. The molecule has 3 rings (SSSR count). The first-order valence-electron chi connectivity index (χ1n) is 9.05. The summed E-state index contributed by atoms with van der Waals surface area (Å²) in [5.41, 5.74) is 8.24. The van der Waals surface area contributed by atoms with Gasteiger partial charge in [-0.25, -0.2) is 0 Å². The van der Waals surface area contributed by atoms with Gasteiger partial charge in [-0.05, 0) is 62.7 Å². The molecule has 0 aromatic heterocycles. The van der Waals surface area contributed by atoms with Crippen molar-refractivity contribution < 1.29 is 9.47 Å². The van der Waals surface area contributed by atoms with Crippen molar-refractivity contribution in [3.63, 3.8) is 0 Å². The largest absolute Gasteiger partial charge is 0.491 e. The maximum absolute atomic E-state index is 6.13. The lowest BCUT2D eigenvalue weighted by molar-refractivity contribution is 0.225. The lowest BCUT2D eigenvalue weighted by Crippen LogP contribution is -2.24. The van der Waals surface area contributed by atoms with Crippen LogP contribution in [0.1, 0.15) is 38.8 Å². The minimum Gasteiger partial charge on any atom is -0.491 e. The van der Waals surface area contributed by atoms with Gasteiger partial charge in [0.2, 0.25) is 0 Å². The second-order valence-electron chi connectivity index (χ2n) is 6.99. The molecule has 1 aliphatic rings. The van der Waals surface area contributed by atoms with Gasteiger partial charge in [-0.15, -0.1) is 0 Å². The van der Waals surface area contributed by atoms with E-state index in [0.717, 1.165) is 36.6 Å². The second kappa shape index (κ2) is 7.79. The third-order valence-electron chi connectivity index (χ3n) is 4.43. The van der Waals surface area contributed by atoms with Crippen molar-refractivity contribution >= 4 is 5.69 Å². The monoisotopic (exact) mass is 340 g/mol. The van der Waals surface area contributed by atoms with Crippen LogP contribution in [0.2, 0.25) is 0 Å². The Morgan fingerprint density at radius 2 is 1.60 bits per heavy atom. The molecule has 2 aromatic carbocycles. The Morgan fingerprint density at radius 3 is 2.20 bits per heavy atom. The molecular weight excluding hydrogens is 312 g/mol. The van der Waals surface area contributed by atoms with Gasteiger partial charge in [-0.3, -0.25) is 0 Å². The molecule has 2 N–H and O–H groups in total. The molecule has 1 saturated heterocycles. The molecule has 0 amide bonds. The minimum atomic E-state index is 0.0543. The number of anilines is 1. The van der Waals surface area contributed by atoms with Crippen molar-refractivity contribution in [1.29, 1.82) is 0 Å². The van der Waals surface area contributed by atoms with E-state index in [4.69, 9.17) is 15.2 Å². The third-order valence-corrected chi connectivity index (χ3v) is 4.43. The van der Waals surface area contributed by atoms with Gasteiger partial charge in [-0.1, -0.05) is 12.1 Å². The Labute approximate surface area is 150 Å². The van der Waals surface area contributed by atoms with E-state index in [0.29, 0.717) is 0 Å². The molecule has 4 heteroatoms. The molecular formula is C21H28N2O2. The summed E-state index contributed by atoms with van der Waals surface area (Å²) in [7, 11) is 0. The van der Waals surface area contributed by atoms with Crippen molar-refractivity contribution in [3.8, 4) is 11.5 Å². The predicted octanol–water partition coefficient (Wildman–Crippen LogP) is 4.15. The number of nitrogens with two attached hydrogens (primary N) is 1. The topological polar surface area (TPSA) is 47.7 Å². The van der Waals surface area contributed by atoms with Crippen LogP contribution in [0.3, 0.4) is 0 Å². The lowest BCUT2D eigenvalue weighted by Gasteiger charge is -2.20. The van der Waals surface area contributed by atoms with Gasteiger partial charge < -0.3 is 20.1 Å². The van der Waals surface area contributed by atoms with E-state index < -0.39 is 0 Å². The number of nitrogens with zero attached hydrogens (tertiary/aromatic N) is 1. The molecule has 0 saturated carbocycles. The molecule has 0 spiro atoms. The quantitative estimate of drug-likeness (QED) is 0.858. The number of hydrogen-bond donors (Lipinski definition) is 1. The van der Waals surface area contributed by atoms with E-state index in [9.17, 15) is 0 Å². The number of rotatable bonds is 6. The van der Waals surface area contributed by atoms with E-state index in [2.05, 4.69) is 17.0 Å². The molecule has 4 nitrogen and oxygen atoms in total. The lowest BCUT2D eigenvalue weighted by atomic mass is 10.1. The van der Waals surface area contributed by atoms with Gasteiger partial charge in [0.25, 0.3) is 0 Å². The summed E-state index contributed by atoms with van der Waals surface area (Å²) in [6, 6.07) is 16.5. The molecule has 1 heterocycles. The first-order chi connectivity index (χ1) is 12.0. The molecule has 1 fully saturated rings. The Morgan fingerprint density at radius 1 is 0.960 bits per heavy atom. The molecule has 2 aromatic rings. The molecule has 0 radical (unpaired) electrons. The number of ether oxygens (including phenoxy) is 2. The van der Waals surface area contributed by atoms with Crippen LogP contribution < -0.4 is 20.1 Å². The zero-order valence-electron chi connectivity index (χ0n) is 15.3. The van der Waals surface area contributed by atoms with Crippen LogP contribution in [0, 0.1) is 0 Å². The first-order valence-corrected chi connectivity index (χ1v) is 9.05. The van der Waals surface area contributed by atoms with Gasteiger partial charge in [0.1, 0.15) is 17.6 Å². The van der Waals surface area contributed by atoms with Crippen LogP contribution in [-0.2, 0) is 0 Å². The standard InChI is InChI=1S/C21H28N2O2/c1-15(2)24-19-10-6-18(7-11-19)23-13-12-21(14-23)25-20-8-4-17(5-9-20)16(3)22/h4-11,15-16,21H,12-14,22H2,1-3H3/t16-,21+/m0/s1. The number of benzene rings is 2. The highest BCUT2D eigenvalue weighted by atomic mass is 16.5. The summed E-state index contributed by atoms with van der Waals surface area (Å²) in [4.78, 5) is 2.36. The Kier molecular flexibility index (Phi) is 5.49. The van der Waals surface area contributed by atoms with E-state index in [1.165, 1.54) is 5.69 Å². The van der Waals surface area contributed by atoms with E-state index in [-0.39, 0.29) is 18.2 Å². The van der Waals surface area contributed by atoms with Crippen LogP contribution >= 0.6 is 0 Å². The molecule has 1 aliphatic heterocycles. The van der Waals surface area contributed by atoms with Crippen LogP contribution in [-0.4, -0.2) is 25.3 Å². The highest BCUT2D eigenvalue weighted by Gasteiger charge is 2.24. The SMILES string of the molecule is CC(C)Oc1ccc(N2CC[C@@H](Oc3ccc([C@H](C)N)cc3)C2)cc1. The van der Waals surface area contributed by atoms with Gasteiger partial charge in [0.05, 0.1) is 12.6 Å².